The number of amides is 1. The molecule has 1 amide bonds. The predicted octanol–water partition coefficient (Wildman–Crippen LogP) is 0.00750. The van der Waals surface area contributed by atoms with Crippen molar-refractivity contribution in [1.82, 2.24) is 19.6 Å². The molecular weight excluding hydrogens is 256 g/mol. The van der Waals surface area contributed by atoms with Gasteiger partial charge in [-0.05, 0) is 13.3 Å². The van der Waals surface area contributed by atoms with Crippen molar-refractivity contribution in [3.05, 3.63) is 17.5 Å². The maximum absolute atomic E-state index is 11.7. The zero-order valence-electron chi connectivity index (χ0n) is 12.5. The van der Waals surface area contributed by atoms with E-state index in [1.807, 2.05) is 11.7 Å². The molecule has 2 heterocycles. The van der Waals surface area contributed by atoms with Crippen LogP contribution in [0, 0.1) is 0 Å². The number of aliphatic hydroxyl groups excluding tert-OH is 1. The van der Waals surface area contributed by atoms with Gasteiger partial charge >= 0.3 is 0 Å². The van der Waals surface area contributed by atoms with Gasteiger partial charge in [-0.25, -0.2) is 0 Å². The quantitative estimate of drug-likeness (QED) is 0.844. The second-order valence-electron chi connectivity index (χ2n) is 5.41. The van der Waals surface area contributed by atoms with Crippen LogP contribution < -0.4 is 0 Å². The van der Waals surface area contributed by atoms with Gasteiger partial charge in [0.1, 0.15) is 6.10 Å². The predicted molar refractivity (Wildman–Crippen MR) is 76.1 cm³/mol. The highest BCUT2D eigenvalue weighted by molar-refractivity contribution is 5.80. The average Bonchev–Trinajstić information content (AvgIpc) is 2.78. The van der Waals surface area contributed by atoms with Crippen molar-refractivity contribution in [3.63, 3.8) is 0 Å². The SMILES string of the molecule is CCc1nn(C)cc1CN1CCN(C(=O)C(C)O)CC1. The third kappa shape index (κ3) is 3.37. The average molecular weight is 280 g/mol. The van der Waals surface area contributed by atoms with Gasteiger partial charge in [0.15, 0.2) is 0 Å². The standard InChI is InChI=1S/C14H24N4O2/c1-4-13-12(9-16(3)15-13)10-17-5-7-18(8-6-17)14(20)11(2)19/h9,11,19H,4-8,10H2,1-3H3. The summed E-state index contributed by atoms with van der Waals surface area (Å²) in [5.41, 5.74) is 2.42. The molecule has 1 atom stereocenters. The summed E-state index contributed by atoms with van der Waals surface area (Å²) < 4.78 is 1.86. The van der Waals surface area contributed by atoms with E-state index in [0.717, 1.165) is 31.7 Å². The van der Waals surface area contributed by atoms with Crippen LogP contribution in [0.1, 0.15) is 25.1 Å². The Morgan fingerprint density at radius 1 is 1.40 bits per heavy atom. The molecule has 1 aromatic rings. The Bertz CT molecular complexity index is 462. The number of nitrogens with zero attached hydrogens (tertiary/aromatic N) is 4. The fourth-order valence-corrected chi connectivity index (χ4v) is 2.64. The molecule has 1 unspecified atom stereocenters. The van der Waals surface area contributed by atoms with Crippen LogP contribution in [0.4, 0.5) is 0 Å². The minimum absolute atomic E-state index is 0.166. The summed E-state index contributed by atoms with van der Waals surface area (Å²) in [6, 6.07) is 0. The Morgan fingerprint density at radius 2 is 2.05 bits per heavy atom. The molecule has 0 saturated carbocycles. The van der Waals surface area contributed by atoms with Crippen LogP contribution in [-0.4, -0.2) is 62.9 Å². The monoisotopic (exact) mass is 280 g/mol. The van der Waals surface area contributed by atoms with Crippen molar-refractivity contribution in [2.75, 3.05) is 26.2 Å². The lowest BCUT2D eigenvalue weighted by atomic mass is 10.2. The molecule has 1 aliphatic rings. The van der Waals surface area contributed by atoms with Crippen LogP contribution in [0.2, 0.25) is 0 Å². The van der Waals surface area contributed by atoms with Crippen molar-refractivity contribution >= 4 is 5.91 Å². The smallest absolute Gasteiger partial charge is 0.251 e. The molecule has 0 aliphatic carbocycles. The summed E-state index contributed by atoms with van der Waals surface area (Å²) in [6.45, 7) is 7.58. The van der Waals surface area contributed by atoms with E-state index in [2.05, 4.69) is 23.1 Å². The summed E-state index contributed by atoms with van der Waals surface area (Å²) in [6.07, 6.45) is 2.12. The van der Waals surface area contributed by atoms with Crippen LogP contribution in [0.15, 0.2) is 6.20 Å². The molecule has 0 aromatic carbocycles. The maximum Gasteiger partial charge on any atom is 0.251 e. The highest BCUT2D eigenvalue weighted by Gasteiger charge is 2.24. The molecular formula is C14H24N4O2. The summed E-state index contributed by atoms with van der Waals surface area (Å²) in [5, 5.41) is 13.8. The number of aromatic nitrogens is 2. The Kier molecular flexibility index (Phi) is 4.77. The second kappa shape index (κ2) is 6.37. The van der Waals surface area contributed by atoms with Gasteiger partial charge in [0.05, 0.1) is 5.69 Å². The van der Waals surface area contributed by atoms with Gasteiger partial charge in [0.25, 0.3) is 5.91 Å². The fourth-order valence-electron chi connectivity index (χ4n) is 2.64. The largest absolute Gasteiger partial charge is 0.384 e. The van der Waals surface area contributed by atoms with Crippen molar-refractivity contribution in [2.24, 2.45) is 7.05 Å². The molecule has 1 fully saturated rings. The molecule has 1 aromatic heterocycles. The summed E-state index contributed by atoms with van der Waals surface area (Å²) in [4.78, 5) is 15.8. The van der Waals surface area contributed by atoms with Crippen molar-refractivity contribution in [2.45, 2.75) is 32.9 Å². The van der Waals surface area contributed by atoms with Gasteiger partial charge in [-0.15, -0.1) is 0 Å². The van der Waals surface area contributed by atoms with E-state index in [1.165, 1.54) is 12.5 Å². The molecule has 20 heavy (non-hydrogen) atoms. The van der Waals surface area contributed by atoms with E-state index < -0.39 is 6.10 Å². The number of piperazine rings is 1. The molecule has 0 radical (unpaired) electrons. The molecule has 6 heteroatoms. The van der Waals surface area contributed by atoms with Gasteiger partial charge in [-0.2, -0.15) is 5.10 Å². The van der Waals surface area contributed by atoms with Gasteiger partial charge in [-0.1, -0.05) is 6.92 Å². The molecule has 1 N–H and O–H groups in total. The van der Waals surface area contributed by atoms with Crippen LogP contribution in [-0.2, 0) is 24.8 Å². The first-order valence-electron chi connectivity index (χ1n) is 7.22. The Morgan fingerprint density at radius 3 is 2.60 bits per heavy atom. The third-order valence-corrected chi connectivity index (χ3v) is 3.76. The number of carbonyl (C=O) groups excluding carboxylic acids is 1. The van der Waals surface area contributed by atoms with Crippen molar-refractivity contribution in [1.29, 1.82) is 0 Å². The molecule has 112 valence electrons. The minimum Gasteiger partial charge on any atom is -0.384 e. The van der Waals surface area contributed by atoms with Crippen molar-refractivity contribution < 1.29 is 9.90 Å². The number of hydrogen-bond acceptors (Lipinski definition) is 4. The van der Waals surface area contributed by atoms with Crippen LogP contribution in [0.3, 0.4) is 0 Å². The van der Waals surface area contributed by atoms with E-state index in [0.29, 0.717) is 13.1 Å². The number of carbonyl (C=O) groups is 1. The zero-order chi connectivity index (χ0) is 14.7. The normalized spacial score (nSPS) is 18.3. The zero-order valence-corrected chi connectivity index (χ0v) is 12.5. The van der Waals surface area contributed by atoms with Crippen LogP contribution in [0.25, 0.3) is 0 Å². The maximum atomic E-state index is 11.7. The lowest BCUT2D eigenvalue weighted by Gasteiger charge is -2.35. The van der Waals surface area contributed by atoms with Gasteiger partial charge < -0.3 is 10.0 Å². The van der Waals surface area contributed by atoms with Gasteiger partial charge in [0, 0.05) is 51.5 Å². The van der Waals surface area contributed by atoms with Crippen LogP contribution in [0.5, 0.6) is 0 Å². The number of aliphatic hydroxyl groups is 1. The molecule has 0 spiro atoms. The Labute approximate surface area is 120 Å². The summed E-state index contributed by atoms with van der Waals surface area (Å²) in [7, 11) is 1.95. The first-order chi connectivity index (χ1) is 9.51. The summed E-state index contributed by atoms with van der Waals surface area (Å²) in [5.74, 6) is -0.166. The van der Waals surface area contributed by atoms with E-state index in [4.69, 9.17) is 0 Å². The highest BCUT2D eigenvalue weighted by Crippen LogP contribution is 2.13. The molecule has 0 bridgehead atoms. The molecule has 6 nitrogen and oxygen atoms in total. The van der Waals surface area contributed by atoms with Gasteiger partial charge in [-0.3, -0.25) is 14.4 Å². The second-order valence-corrected chi connectivity index (χ2v) is 5.41. The number of hydrogen-bond donors (Lipinski definition) is 1. The number of aryl methyl sites for hydroxylation is 2. The van der Waals surface area contributed by atoms with E-state index in [9.17, 15) is 9.90 Å². The lowest BCUT2D eigenvalue weighted by Crippen LogP contribution is -2.50. The lowest BCUT2D eigenvalue weighted by molar-refractivity contribution is -0.141. The first kappa shape index (κ1) is 15.0. The van der Waals surface area contributed by atoms with Gasteiger partial charge in [0.2, 0.25) is 0 Å². The molecule has 1 saturated heterocycles. The summed E-state index contributed by atoms with van der Waals surface area (Å²) >= 11 is 0. The fraction of sp³-hybridized carbons (Fsp3) is 0.714. The Hall–Kier alpha value is -1.40. The van der Waals surface area contributed by atoms with Crippen molar-refractivity contribution in [3.8, 4) is 0 Å². The number of rotatable bonds is 4. The molecule has 2 rings (SSSR count). The minimum atomic E-state index is -0.897. The molecule has 1 aliphatic heterocycles. The van der Waals surface area contributed by atoms with E-state index in [1.54, 1.807) is 4.90 Å². The Balaban J connectivity index is 1.89. The van der Waals surface area contributed by atoms with E-state index in [-0.39, 0.29) is 5.91 Å². The topological polar surface area (TPSA) is 61.6 Å². The highest BCUT2D eigenvalue weighted by atomic mass is 16.3. The first-order valence-corrected chi connectivity index (χ1v) is 7.22. The van der Waals surface area contributed by atoms with E-state index >= 15 is 0 Å². The van der Waals surface area contributed by atoms with Crippen LogP contribution >= 0.6 is 0 Å². The third-order valence-electron chi connectivity index (χ3n) is 3.76.